The quantitative estimate of drug-likeness (QED) is 0.189. The van der Waals surface area contributed by atoms with Crippen molar-refractivity contribution in [2.24, 2.45) is 5.92 Å². The Morgan fingerprint density at radius 1 is 0.795 bits per heavy atom. The van der Waals surface area contributed by atoms with Gasteiger partial charge in [-0.2, -0.15) is 5.26 Å². The zero-order chi connectivity index (χ0) is 27.9. The number of benzene rings is 2. The molecule has 1 fully saturated rings. The van der Waals surface area contributed by atoms with Gasteiger partial charge in [0.05, 0.1) is 18.7 Å². The van der Waals surface area contributed by atoms with Gasteiger partial charge in [0, 0.05) is 11.1 Å². The Labute approximate surface area is 238 Å². The Balaban J connectivity index is 1.59. The van der Waals surface area contributed by atoms with Gasteiger partial charge in [0.2, 0.25) is 0 Å². The van der Waals surface area contributed by atoms with Crippen LogP contribution in [0.25, 0.3) is 11.1 Å². The van der Waals surface area contributed by atoms with Crippen molar-refractivity contribution < 1.29 is 9.13 Å². The van der Waals surface area contributed by atoms with Gasteiger partial charge in [-0.25, -0.2) is 4.39 Å². The van der Waals surface area contributed by atoms with E-state index in [9.17, 15) is 5.26 Å². The number of rotatable bonds is 17. The molecule has 2 aromatic rings. The van der Waals surface area contributed by atoms with Crippen LogP contribution in [0.3, 0.4) is 0 Å². The van der Waals surface area contributed by atoms with E-state index >= 15 is 4.39 Å². The first-order valence-electron chi connectivity index (χ1n) is 16.0. The molecule has 0 amide bonds. The molecule has 1 aliphatic rings. The Kier molecular flexibility index (Phi) is 13.9. The molecule has 3 rings (SSSR count). The number of ether oxygens (including phenoxy) is 1. The van der Waals surface area contributed by atoms with Gasteiger partial charge in [0.15, 0.2) is 11.6 Å². The van der Waals surface area contributed by atoms with Crippen molar-refractivity contribution in [3.05, 3.63) is 52.8 Å². The highest BCUT2D eigenvalue weighted by Crippen LogP contribution is 2.41. The summed E-state index contributed by atoms with van der Waals surface area (Å²) in [4.78, 5) is 0. The SMILES string of the molecule is CCCCCCCCCC1CCC(c2ccc(-c3ccc(CCCCCCC)c(F)c3OC)c(C#N)c2)CC1. The van der Waals surface area contributed by atoms with Crippen molar-refractivity contribution >= 4 is 0 Å². The average Bonchev–Trinajstić information content (AvgIpc) is 2.97. The molecule has 0 atom stereocenters. The Hall–Kier alpha value is -2.34. The first-order chi connectivity index (χ1) is 19.1. The first kappa shape index (κ1) is 31.2. The smallest absolute Gasteiger partial charge is 0.168 e. The largest absolute Gasteiger partial charge is 0.493 e. The Bertz CT molecular complexity index is 1030. The number of unbranched alkanes of at least 4 members (excludes halogenated alkanes) is 10. The number of nitriles is 1. The van der Waals surface area contributed by atoms with Crippen molar-refractivity contribution in [3.63, 3.8) is 0 Å². The van der Waals surface area contributed by atoms with Gasteiger partial charge in [-0.1, -0.05) is 115 Å². The van der Waals surface area contributed by atoms with E-state index in [0.717, 1.165) is 30.7 Å². The standard InChI is InChI=1S/C36H52FNO/c1-4-6-8-10-11-13-14-16-28-18-20-29(21-19-28)31-23-24-33(32(26-31)27-38)34-25-22-30(35(37)36(34)39-3)17-15-12-9-7-5-2/h22-26,28-29H,4-21H2,1-3H3. The number of aryl methyl sites for hydroxylation is 1. The number of hydrogen-bond donors (Lipinski definition) is 0. The Morgan fingerprint density at radius 2 is 1.41 bits per heavy atom. The lowest BCUT2D eigenvalue weighted by Crippen LogP contribution is -2.13. The molecule has 2 nitrogen and oxygen atoms in total. The maximum absolute atomic E-state index is 15.4. The van der Waals surface area contributed by atoms with Crippen LogP contribution in [0.5, 0.6) is 5.75 Å². The summed E-state index contributed by atoms with van der Waals surface area (Å²) in [7, 11) is 1.53. The molecule has 0 aliphatic heterocycles. The molecule has 39 heavy (non-hydrogen) atoms. The van der Waals surface area contributed by atoms with E-state index in [0.29, 0.717) is 22.6 Å². The van der Waals surface area contributed by atoms with Gasteiger partial charge in [0.25, 0.3) is 0 Å². The van der Waals surface area contributed by atoms with Crippen LogP contribution in [0, 0.1) is 23.1 Å². The summed E-state index contributed by atoms with van der Waals surface area (Å²) in [6.45, 7) is 4.48. The highest BCUT2D eigenvalue weighted by Gasteiger charge is 2.24. The summed E-state index contributed by atoms with van der Waals surface area (Å²) in [5, 5.41) is 10.0. The minimum absolute atomic E-state index is 0.260. The molecular formula is C36H52FNO. The molecule has 0 unspecified atom stereocenters. The third-order valence-electron chi connectivity index (χ3n) is 8.92. The molecular weight excluding hydrogens is 481 g/mol. The maximum atomic E-state index is 15.4. The summed E-state index contributed by atoms with van der Waals surface area (Å²) in [5.74, 6) is 1.36. The molecule has 0 saturated heterocycles. The van der Waals surface area contributed by atoms with Crippen molar-refractivity contribution in [1.29, 1.82) is 5.26 Å². The number of hydrogen-bond acceptors (Lipinski definition) is 2. The lowest BCUT2D eigenvalue weighted by Gasteiger charge is -2.29. The van der Waals surface area contributed by atoms with Gasteiger partial charge in [-0.05, 0) is 67.6 Å². The average molecular weight is 534 g/mol. The fourth-order valence-corrected chi connectivity index (χ4v) is 6.44. The third-order valence-corrected chi connectivity index (χ3v) is 8.92. The molecule has 0 radical (unpaired) electrons. The van der Waals surface area contributed by atoms with Crippen LogP contribution in [-0.4, -0.2) is 7.11 Å². The number of halogens is 1. The second kappa shape index (κ2) is 17.4. The lowest BCUT2D eigenvalue weighted by molar-refractivity contribution is 0.302. The monoisotopic (exact) mass is 533 g/mol. The van der Waals surface area contributed by atoms with Gasteiger partial charge in [0.1, 0.15) is 0 Å². The second-order valence-corrected chi connectivity index (χ2v) is 11.8. The summed E-state index contributed by atoms with van der Waals surface area (Å²) in [6.07, 6.45) is 22.5. The van der Waals surface area contributed by atoms with Crippen molar-refractivity contribution in [2.75, 3.05) is 7.11 Å². The lowest BCUT2D eigenvalue weighted by atomic mass is 9.76. The predicted molar refractivity (Wildman–Crippen MR) is 163 cm³/mol. The molecule has 214 valence electrons. The van der Waals surface area contributed by atoms with E-state index in [1.165, 1.54) is 109 Å². The van der Waals surface area contributed by atoms with Crippen molar-refractivity contribution in [3.8, 4) is 22.9 Å². The fourth-order valence-electron chi connectivity index (χ4n) is 6.44. The second-order valence-electron chi connectivity index (χ2n) is 11.8. The molecule has 0 N–H and O–H groups in total. The minimum atomic E-state index is -0.280. The minimum Gasteiger partial charge on any atom is -0.493 e. The highest BCUT2D eigenvalue weighted by molar-refractivity contribution is 5.77. The third kappa shape index (κ3) is 9.37. The number of methoxy groups -OCH3 is 1. The molecule has 1 saturated carbocycles. The molecule has 0 spiro atoms. The highest BCUT2D eigenvalue weighted by atomic mass is 19.1. The number of nitrogens with zero attached hydrogens (tertiary/aromatic N) is 1. The summed E-state index contributed by atoms with van der Waals surface area (Å²) in [6, 6.07) is 12.4. The van der Waals surface area contributed by atoms with Crippen LogP contribution in [0.4, 0.5) is 4.39 Å². The normalized spacial score (nSPS) is 17.2. The maximum Gasteiger partial charge on any atom is 0.168 e. The summed E-state index contributed by atoms with van der Waals surface area (Å²) >= 11 is 0. The van der Waals surface area contributed by atoms with E-state index in [1.54, 1.807) is 0 Å². The van der Waals surface area contributed by atoms with Crippen LogP contribution in [-0.2, 0) is 6.42 Å². The van der Waals surface area contributed by atoms with Crippen LogP contribution >= 0.6 is 0 Å². The van der Waals surface area contributed by atoms with Crippen LogP contribution in [0.15, 0.2) is 30.3 Å². The zero-order valence-electron chi connectivity index (χ0n) is 25.0. The van der Waals surface area contributed by atoms with Gasteiger partial charge in [-0.3, -0.25) is 0 Å². The van der Waals surface area contributed by atoms with Gasteiger partial charge < -0.3 is 4.74 Å². The topological polar surface area (TPSA) is 33.0 Å². The molecule has 0 aromatic heterocycles. The van der Waals surface area contributed by atoms with E-state index in [2.05, 4.69) is 32.0 Å². The summed E-state index contributed by atoms with van der Waals surface area (Å²) in [5.41, 5.74) is 4.01. The van der Waals surface area contributed by atoms with Crippen LogP contribution in [0.2, 0.25) is 0 Å². The fraction of sp³-hybridized carbons (Fsp3) is 0.639. The molecule has 0 heterocycles. The molecule has 1 aliphatic carbocycles. The van der Waals surface area contributed by atoms with E-state index < -0.39 is 0 Å². The zero-order valence-corrected chi connectivity index (χ0v) is 25.0. The van der Waals surface area contributed by atoms with E-state index in [4.69, 9.17) is 4.74 Å². The van der Waals surface area contributed by atoms with Crippen LogP contribution < -0.4 is 4.74 Å². The van der Waals surface area contributed by atoms with Gasteiger partial charge in [-0.15, -0.1) is 0 Å². The predicted octanol–water partition coefficient (Wildman–Crippen LogP) is 11.3. The van der Waals surface area contributed by atoms with E-state index in [-0.39, 0.29) is 11.6 Å². The molecule has 0 bridgehead atoms. The van der Waals surface area contributed by atoms with Gasteiger partial charge >= 0.3 is 0 Å². The van der Waals surface area contributed by atoms with Crippen molar-refractivity contribution in [1.82, 2.24) is 0 Å². The first-order valence-corrected chi connectivity index (χ1v) is 16.0. The van der Waals surface area contributed by atoms with Crippen molar-refractivity contribution in [2.45, 2.75) is 135 Å². The van der Waals surface area contributed by atoms with E-state index in [1.807, 2.05) is 18.2 Å². The molecule has 2 aromatic carbocycles. The van der Waals surface area contributed by atoms with Crippen LogP contribution in [0.1, 0.15) is 146 Å². The summed E-state index contributed by atoms with van der Waals surface area (Å²) < 4.78 is 21.0. The molecule has 3 heteroatoms. The Morgan fingerprint density at radius 3 is 2.05 bits per heavy atom.